The summed E-state index contributed by atoms with van der Waals surface area (Å²) in [5.41, 5.74) is 4.74. The smallest absolute Gasteiger partial charge is 0.347 e. The molecule has 0 aliphatic heterocycles. The van der Waals surface area contributed by atoms with E-state index in [1.807, 2.05) is 0 Å². The molecule has 2 aromatic heterocycles. The van der Waals surface area contributed by atoms with E-state index in [0.717, 1.165) is 0 Å². The molecule has 0 aromatic carbocycles. The van der Waals surface area contributed by atoms with Crippen LogP contribution < -0.4 is 5.73 Å². The average Bonchev–Trinajstić information content (AvgIpc) is 2.67. The van der Waals surface area contributed by atoms with E-state index in [0.29, 0.717) is 0 Å². The standard InChI is InChI=1S/C8H7F2N5/c9-8(10,5-3-1-2-4-12-5)6-13-7(11)15-14-6/h1-4H,(H3,11,13,14,15). The summed E-state index contributed by atoms with van der Waals surface area (Å²) in [5, 5.41) is 5.41. The van der Waals surface area contributed by atoms with Gasteiger partial charge in [-0.25, -0.2) is 0 Å². The molecule has 2 heterocycles. The van der Waals surface area contributed by atoms with E-state index in [1.165, 1.54) is 18.3 Å². The zero-order chi connectivity index (χ0) is 10.9. The molecule has 0 unspecified atom stereocenters. The van der Waals surface area contributed by atoms with Crippen molar-refractivity contribution in [3.05, 3.63) is 35.9 Å². The number of nitrogens with one attached hydrogen (secondary N) is 1. The fourth-order valence-corrected chi connectivity index (χ4v) is 1.08. The van der Waals surface area contributed by atoms with Crippen LogP contribution in [0.5, 0.6) is 0 Å². The number of rotatable bonds is 2. The molecule has 0 spiro atoms. The lowest BCUT2D eigenvalue weighted by Gasteiger charge is -2.11. The van der Waals surface area contributed by atoms with Gasteiger partial charge in [-0.3, -0.25) is 10.1 Å². The van der Waals surface area contributed by atoms with Crippen LogP contribution in [0.4, 0.5) is 14.7 Å². The highest BCUT2D eigenvalue weighted by Crippen LogP contribution is 2.31. The van der Waals surface area contributed by atoms with Gasteiger partial charge in [-0.15, -0.1) is 5.10 Å². The molecule has 0 saturated carbocycles. The quantitative estimate of drug-likeness (QED) is 0.774. The molecule has 0 amide bonds. The van der Waals surface area contributed by atoms with Gasteiger partial charge in [0, 0.05) is 6.20 Å². The Morgan fingerprint density at radius 1 is 1.33 bits per heavy atom. The van der Waals surface area contributed by atoms with Crippen molar-refractivity contribution in [2.24, 2.45) is 0 Å². The lowest BCUT2D eigenvalue weighted by Crippen LogP contribution is -2.18. The minimum absolute atomic E-state index is 0.222. The molecule has 7 heteroatoms. The Labute approximate surface area is 83.4 Å². The third-order valence-corrected chi connectivity index (χ3v) is 1.79. The fraction of sp³-hybridized carbons (Fsp3) is 0.125. The second-order valence-electron chi connectivity index (χ2n) is 2.83. The van der Waals surface area contributed by atoms with Crippen LogP contribution in [0.1, 0.15) is 11.5 Å². The van der Waals surface area contributed by atoms with Crippen LogP contribution in [0.25, 0.3) is 0 Å². The summed E-state index contributed by atoms with van der Waals surface area (Å²) in [6.45, 7) is 0. The van der Waals surface area contributed by atoms with Gasteiger partial charge >= 0.3 is 5.92 Å². The maximum absolute atomic E-state index is 13.6. The normalized spacial score (nSPS) is 11.6. The van der Waals surface area contributed by atoms with Crippen molar-refractivity contribution in [1.82, 2.24) is 20.2 Å². The Balaban J connectivity index is 2.43. The van der Waals surface area contributed by atoms with Crippen LogP contribution in [-0.4, -0.2) is 20.2 Å². The van der Waals surface area contributed by atoms with Gasteiger partial charge in [0.25, 0.3) is 0 Å². The molecule has 0 saturated heterocycles. The van der Waals surface area contributed by atoms with Gasteiger partial charge in [-0.1, -0.05) is 6.07 Å². The zero-order valence-electron chi connectivity index (χ0n) is 7.48. The van der Waals surface area contributed by atoms with E-state index in [4.69, 9.17) is 5.73 Å². The second-order valence-corrected chi connectivity index (χ2v) is 2.83. The van der Waals surface area contributed by atoms with Crippen molar-refractivity contribution >= 4 is 5.95 Å². The summed E-state index contributed by atoms with van der Waals surface area (Å²) in [6.07, 6.45) is 1.28. The summed E-state index contributed by atoms with van der Waals surface area (Å²) in [7, 11) is 0. The molecule has 0 atom stereocenters. The minimum atomic E-state index is -3.31. The number of H-pyrrole nitrogens is 1. The molecule has 2 aromatic rings. The number of hydrogen-bond acceptors (Lipinski definition) is 4. The Morgan fingerprint density at radius 3 is 2.67 bits per heavy atom. The predicted molar refractivity (Wildman–Crippen MR) is 48.0 cm³/mol. The Kier molecular flexibility index (Phi) is 2.07. The van der Waals surface area contributed by atoms with Gasteiger partial charge in [0.15, 0.2) is 0 Å². The van der Waals surface area contributed by atoms with Gasteiger partial charge in [-0.05, 0) is 12.1 Å². The summed E-state index contributed by atoms with van der Waals surface area (Å²) in [4.78, 5) is 6.94. The molecule has 0 fully saturated rings. The number of aromatic amines is 1. The highest BCUT2D eigenvalue weighted by atomic mass is 19.3. The Morgan fingerprint density at radius 2 is 2.13 bits per heavy atom. The zero-order valence-corrected chi connectivity index (χ0v) is 7.48. The number of pyridine rings is 1. The summed E-state index contributed by atoms with van der Waals surface area (Å²) in [5.74, 6) is -4.15. The molecular weight excluding hydrogens is 204 g/mol. The van der Waals surface area contributed by atoms with Crippen molar-refractivity contribution in [3.63, 3.8) is 0 Å². The number of hydrogen-bond donors (Lipinski definition) is 2. The maximum atomic E-state index is 13.6. The summed E-state index contributed by atoms with van der Waals surface area (Å²) < 4.78 is 27.3. The van der Waals surface area contributed by atoms with Crippen LogP contribution in [0.2, 0.25) is 0 Å². The molecule has 5 nitrogen and oxygen atoms in total. The van der Waals surface area contributed by atoms with E-state index < -0.39 is 17.4 Å². The Hall–Kier alpha value is -2.05. The predicted octanol–water partition coefficient (Wildman–Crippen LogP) is 0.922. The molecule has 78 valence electrons. The molecule has 0 radical (unpaired) electrons. The maximum Gasteiger partial charge on any atom is 0.347 e. The van der Waals surface area contributed by atoms with Crippen LogP contribution in [-0.2, 0) is 5.92 Å². The van der Waals surface area contributed by atoms with Gasteiger partial charge < -0.3 is 5.73 Å². The molecule has 0 bridgehead atoms. The first kappa shape index (κ1) is 9.50. The molecule has 15 heavy (non-hydrogen) atoms. The number of aromatic nitrogens is 4. The summed E-state index contributed by atoms with van der Waals surface area (Å²) >= 11 is 0. The lowest BCUT2D eigenvalue weighted by atomic mass is 10.2. The van der Waals surface area contributed by atoms with Crippen molar-refractivity contribution in [1.29, 1.82) is 0 Å². The molecule has 3 N–H and O–H groups in total. The first-order valence-corrected chi connectivity index (χ1v) is 4.08. The SMILES string of the molecule is Nc1n[nH]c(C(F)(F)c2ccccn2)n1. The topological polar surface area (TPSA) is 80.5 Å². The van der Waals surface area contributed by atoms with E-state index >= 15 is 0 Å². The first-order valence-electron chi connectivity index (χ1n) is 4.08. The third-order valence-electron chi connectivity index (χ3n) is 1.79. The van der Waals surface area contributed by atoms with E-state index in [2.05, 4.69) is 20.2 Å². The van der Waals surface area contributed by atoms with Crippen LogP contribution in [0, 0.1) is 0 Å². The molecule has 0 aliphatic carbocycles. The number of halogens is 2. The largest absolute Gasteiger partial charge is 0.367 e. The number of alkyl halides is 2. The highest BCUT2D eigenvalue weighted by molar-refractivity contribution is 5.22. The van der Waals surface area contributed by atoms with Crippen LogP contribution in [0.3, 0.4) is 0 Å². The number of nitrogens with two attached hydrogens (primary N) is 1. The van der Waals surface area contributed by atoms with Crippen LogP contribution >= 0.6 is 0 Å². The summed E-state index contributed by atoms with van der Waals surface area (Å²) in [6, 6.07) is 4.23. The van der Waals surface area contributed by atoms with Crippen LogP contribution in [0.15, 0.2) is 24.4 Å². The number of anilines is 1. The Bertz CT molecular complexity index is 453. The monoisotopic (exact) mass is 211 g/mol. The fourth-order valence-electron chi connectivity index (χ4n) is 1.08. The molecular formula is C8H7F2N5. The number of nitrogens with zero attached hydrogens (tertiary/aromatic N) is 3. The van der Waals surface area contributed by atoms with E-state index in [-0.39, 0.29) is 5.95 Å². The van der Waals surface area contributed by atoms with Gasteiger partial charge in [0.1, 0.15) is 5.69 Å². The minimum Gasteiger partial charge on any atom is -0.367 e. The van der Waals surface area contributed by atoms with Gasteiger partial charge in [0.05, 0.1) is 0 Å². The molecule has 0 aliphatic rings. The van der Waals surface area contributed by atoms with Crippen molar-refractivity contribution in [2.45, 2.75) is 5.92 Å². The van der Waals surface area contributed by atoms with Gasteiger partial charge in [-0.2, -0.15) is 13.8 Å². The van der Waals surface area contributed by atoms with E-state index in [9.17, 15) is 8.78 Å². The third kappa shape index (κ3) is 1.63. The lowest BCUT2D eigenvalue weighted by molar-refractivity contribution is 0.0285. The first-order chi connectivity index (χ1) is 7.10. The van der Waals surface area contributed by atoms with Gasteiger partial charge in [0.2, 0.25) is 11.8 Å². The average molecular weight is 211 g/mol. The van der Waals surface area contributed by atoms with Crippen molar-refractivity contribution in [2.75, 3.05) is 5.73 Å². The molecule has 2 rings (SSSR count). The van der Waals surface area contributed by atoms with E-state index in [1.54, 1.807) is 6.07 Å². The second kappa shape index (κ2) is 3.26. The van der Waals surface area contributed by atoms with Crippen molar-refractivity contribution in [3.8, 4) is 0 Å². The van der Waals surface area contributed by atoms with Crippen molar-refractivity contribution < 1.29 is 8.78 Å². The highest BCUT2D eigenvalue weighted by Gasteiger charge is 2.39. The number of nitrogen functional groups attached to an aromatic ring is 1.